The Morgan fingerprint density at radius 2 is 1.92 bits per heavy atom. The zero-order valence-corrected chi connectivity index (χ0v) is 14.1. The van der Waals surface area contributed by atoms with Crippen LogP contribution in [-0.4, -0.2) is 62.8 Å². The number of anilines is 1. The molecule has 0 aliphatic carbocycles. The van der Waals surface area contributed by atoms with E-state index in [4.69, 9.17) is 0 Å². The number of amides is 2. The van der Waals surface area contributed by atoms with Gasteiger partial charge >= 0.3 is 0 Å². The van der Waals surface area contributed by atoms with Crippen molar-refractivity contribution in [2.24, 2.45) is 0 Å². The Balaban J connectivity index is 1.72. The van der Waals surface area contributed by atoms with E-state index in [-0.39, 0.29) is 36.5 Å². The molecule has 1 aliphatic rings. The number of rotatable bonds is 6. The highest BCUT2D eigenvalue weighted by Crippen LogP contribution is 2.16. The summed E-state index contributed by atoms with van der Waals surface area (Å²) in [6.45, 7) is -0.197. The average Bonchev–Trinajstić information content (AvgIpc) is 2.88. The fourth-order valence-electron chi connectivity index (χ4n) is 2.45. The molecule has 7 nitrogen and oxygen atoms in total. The minimum absolute atomic E-state index is 0.0179. The van der Waals surface area contributed by atoms with Gasteiger partial charge in [-0.3, -0.25) is 14.5 Å². The van der Waals surface area contributed by atoms with Gasteiger partial charge < -0.3 is 10.6 Å². The van der Waals surface area contributed by atoms with E-state index in [1.165, 1.54) is 24.3 Å². The van der Waals surface area contributed by atoms with Crippen molar-refractivity contribution in [1.82, 2.24) is 10.2 Å². The molecular weight excluding hydrogens is 337 g/mol. The van der Waals surface area contributed by atoms with Gasteiger partial charge in [0.05, 0.1) is 24.6 Å². The summed E-state index contributed by atoms with van der Waals surface area (Å²) in [6.07, 6.45) is 0.511. The molecule has 1 fully saturated rings. The molecule has 1 saturated heterocycles. The summed E-state index contributed by atoms with van der Waals surface area (Å²) in [4.78, 5) is 25.2. The zero-order valence-electron chi connectivity index (χ0n) is 13.3. The van der Waals surface area contributed by atoms with Crippen molar-refractivity contribution in [2.45, 2.75) is 12.5 Å². The summed E-state index contributed by atoms with van der Waals surface area (Å²) < 4.78 is 35.6. The van der Waals surface area contributed by atoms with E-state index >= 15 is 0 Å². The molecular formula is C15H20FN3O4S. The molecule has 2 N–H and O–H groups in total. The maximum Gasteiger partial charge on any atom is 0.243 e. The number of likely N-dealkylation sites (N-methyl/N-ethyl adjacent to an activating group) is 1. The lowest BCUT2D eigenvalue weighted by Crippen LogP contribution is -2.43. The van der Waals surface area contributed by atoms with Gasteiger partial charge in [0.25, 0.3) is 0 Å². The number of hydrogen-bond acceptors (Lipinski definition) is 5. The number of nitrogens with zero attached hydrogens (tertiary/aromatic N) is 1. The van der Waals surface area contributed by atoms with Crippen LogP contribution < -0.4 is 10.6 Å². The van der Waals surface area contributed by atoms with Gasteiger partial charge in [0.15, 0.2) is 9.84 Å². The molecule has 9 heteroatoms. The monoisotopic (exact) mass is 357 g/mol. The molecule has 1 heterocycles. The third kappa shape index (κ3) is 5.57. The Morgan fingerprint density at radius 1 is 1.25 bits per heavy atom. The molecule has 0 unspecified atom stereocenters. The van der Waals surface area contributed by atoms with Gasteiger partial charge in [0, 0.05) is 11.7 Å². The first-order chi connectivity index (χ1) is 11.2. The van der Waals surface area contributed by atoms with Crippen LogP contribution in [0.2, 0.25) is 0 Å². The van der Waals surface area contributed by atoms with Crippen LogP contribution in [-0.2, 0) is 19.4 Å². The molecule has 1 atom stereocenters. The Kier molecular flexibility index (Phi) is 5.89. The molecule has 1 aromatic carbocycles. The van der Waals surface area contributed by atoms with E-state index in [0.717, 1.165) is 0 Å². The SMILES string of the molecule is CN(CC(=O)NCC(=O)Nc1ccc(F)cc1)[C@@H]1CCS(=O)(=O)C1. The highest BCUT2D eigenvalue weighted by molar-refractivity contribution is 7.91. The maximum absolute atomic E-state index is 12.8. The minimum atomic E-state index is -3.00. The van der Waals surface area contributed by atoms with Crippen LogP contribution in [0, 0.1) is 5.82 Å². The summed E-state index contributed by atoms with van der Waals surface area (Å²) in [5, 5.41) is 5.00. The number of carbonyl (C=O) groups is 2. The van der Waals surface area contributed by atoms with Crippen molar-refractivity contribution in [1.29, 1.82) is 0 Å². The van der Waals surface area contributed by atoms with Gasteiger partial charge in [0.1, 0.15) is 5.82 Å². The van der Waals surface area contributed by atoms with Crippen LogP contribution in [0.5, 0.6) is 0 Å². The second kappa shape index (κ2) is 7.71. The van der Waals surface area contributed by atoms with E-state index in [2.05, 4.69) is 10.6 Å². The molecule has 1 aliphatic heterocycles. The van der Waals surface area contributed by atoms with Gasteiger partial charge in [-0.2, -0.15) is 0 Å². The smallest absolute Gasteiger partial charge is 0.243 e. The average molecular weight is 357 g/mol. The first-order valence-corrected chi connectivity index (χ1v) is 9.30. The van der Waals surface area contributed by atoms with Crippen molar-refractivity contribution >= 4 is 27.3 Å². The first-order valence-electron chi connectivity index (χ1n) is 7.48. The maximum atomic E-state index is 12.8. The second-order valence-electron chi connectivity index (χ2n) is 5.80. The quantitative estimate of drug-likeness (QED) is 0.747. The van der Waals surface area contributed by atoms with Crippen molar-refractivity contribution < 1.29 is 22.4 Å². The van der Waals surface area contributed by atoms with Crippen LogP contribution in [0.15, 0.2) is 24.3 Å². The van der Waals surface area contributed by atoms with Gasteiger partial charge in [0.2, 0.25) is 11.8 Å². The lowest BCUT2D eigenvalue weighted by atomic mass is 10.2. The Labute approximate surface area is 140 Å². The summed E-state index contributed by atoms with van der Waals surface area (Å²) in [7, 11) is -1.32. The molecule has 0 saturated carbocycles. The van der Waals surface area contributed by atoms with Crippen molar-refractivity contribution in [3.8, 4) is 0 Å². The third-order valence-electron chi connectivity index (χ3n) is 3.80. The van der Waals surface area contributed by atoms with Crippen LogP contribution in [0.3, 0.4) is 0 Å². The van der Waals surface area contributed by atoms with Crippen LogP contribution in [0.25, 0.3) is 0 Å². The topological polar surface area (TPSA) is 95.6 Å². The summed E-state index contributed by atoms with van der Waals surface area (Å²) in [5.74, 6) is -0.999. The van der Waals surface area contributed by atoms with E-state index in [9.17, 15) is 22.4 Å². The molecule has 24 heavy (non-hydrogen) atoms. The first kappa shape index (κ1) is 18.3. The van der Waals surface area contributed by atoms with Gasteiger partial charge in [-0.1, -0.05) is 0 Å². The molecule has 2 rings (SSSR count). The number of hydrogen-bond donors (Lipinski definition) is 2. The van der Waals surface area contributed by atoms with E-state index in [1.54, 1.807) is 11.9 Å². The van der Waals surface area contributed by atoms with Gasteiger partial charge in [-0.05, 0) is 37.7 Å². The number of nitrogens with one attached hydrogen (secondary N) is 2. The second-order valence-corrected chi connectivity index (χ2v) is 8.03. The molecule has 0 aromatic heterocycles. The van der Waals surface area contributed by atoms with E-state index in [1.807, 2.05) is 0 Å². The molecule has 2 amide bonds. The Hall–Kier alpha value is -2.00. The molecule has 0 radical (unpaired) electrons. The normalized spacial score (nSPS) is 19.2. The zero-order chi connectivity index (χ0) is 17.7. The molecule has 0 bridgehead atoms. The molecule has 0 spiro atoms. The minimum Gasteiger partial charge on any atom is -0.346 e. The van der Waals surface area contributed by atoms with Crippen molar-refractivity contribution in [3.05, 3.63) is 30.1 Å². The fraction of sp³-hybridized carbons (Fsp3) is 0.467. The van der Waals surface area contributed by atoms with Crippen LogP contribution >= 0.6 is 0 Å². The summed E-state index contributed by atoms with van der Waals surface area (Å²) >= 11 is 0. The standard InChI is InChI=1S/C15H20FN3O4S/c1-19(13-6-7-24(22,23)10-13)9-15(21)17-8-14(20)18-12-4-2-11(16)3-5-12/h2-5,13H,6-10H2,1H3,(H,17,21)(H,18,20)/t13-/m1/s1. The fourth-order valence-corrected chi connectivity index (χ4v) is 4.26. The molecule has 132 valence electrons. The predicted molar refractivity (Wildman–Crippen MR) is 87.7 cm³/mol. The number of halogens is 1. The highest BCUT2D eigenvalue weighted by Gasteiger charge is 2.31. The Morgan fingerprint density at radius 3 is 2.50 bits per heavy atom. The van der Waals surface area contributed by atoms with E-state index < -0.39 is 21.6 Å². The van der Waals surface area contributed by atoms with Crippen LogP contribution in [0.4, 0.5) is 10.1 Å². The summed E-state index contributed by atoms with van der Waals surface area (Å²) in [5.41, 5.74) is 0.434. The molecule has 1 aromatic rings. The van der Waals surface area contributed by atoms with Crippen LogP contribution in [0.1, 0.15) is 6.42 Å². The highest BCUT2D eigenvalue weighted by atomic mass is 32.2. The van der Waals surface area contributed by atoms with E-state index in [0.29, 0.717) is 12.1 Å². The Bertz CT molecular complexity index is 706. The van der Waals surface area contributed by atoms with Gasteiger partial charge in [-0.15, -0.1) is 0 Å². The number of benzene rings is 1. The number of sulfone groups is 1. The van der Waals surface area contributed by atoms with Crippen molar-refractivity contribution in [3.63, 3.8) is 0 Å². The predicted octanol–water partition coefficient (Wildman–Crippen LogP) is -0.000700. The van der Waals surface area contributed by atoms with Gasteiger partial charge in [-0.25, -0.2) is 12.8 Å². The number of carbonyl (C=O) groups excluding carboxylic acids is 2. The lowest BCUT2D eigenvalue weighted by molar-refractivity contribution is -0.125. The summed E-state index contributed by atoms with van der Waals surface area (Å²) in [6, 6.07) is 5.11. The third-order valence-corrected chi connectivity index (χ3v) is 5.55. The largest absolute Gasteiger partial charge is 0.346 e. The van der Waals surface area contributed by atoms with Crippen molar-refractivity contribution in [2.75, 3.05) is 37.0 Å². The lowest BCUT2D eigenvalue weighted by Gasteiger charge is -2.22.